The second kappa shape index (κ2) is 9.74. The predicted octanol–water partition coefficient (Wildman–Crippen LogP) is 1.30. The molecule has 1 aliphatic rings. The minimum Gasteiger partial charge on any atom is -0.483 e. The highest BCUT2D eigenvalue weighted by Gasteiger charge is 2.44. The topological polar surface area (TPSA) is 105 Å². The number of imidazole rings is 1. The van der Waals surface area contributed by atoms with Gasteiger partial charge in [0.25, 0.3) is 6.47 Å². The van der Waals surface area contributed by atoms with Crippen LogP contribution in [-0.4, -0.2) is 67.5 Å². The molecule has 0 aromatic carbocycles. The van der Waals surface area contributed by atoms with Gasteiger partial charge in [0.1, 0.15) is 12.1 Å². The summed E-state index contributed by atoms with van der Waals surface area (Å²) in [5.41, 5.74) is 1.13. The molecule has 30 heavy (non-hydrogen) atoms. The molecule has 0 radical (unpaired) electrons. The van der Waals surface area contributed by atoms with Crippen LogP contribution in [0.15, 0.2) is 24.9 Å². The number of rotatable bonds is 5. The zero-order valence-electron chi connectivity index (χ0n) is 16.8. The molecule has 166 valence electrons. The highest BCUT2D eigenvalue weighted by Crippen LogP contribution is 2.31. The van der Waals surface area contributed by atoms with E-state index in [0.717, 1.165) is 11.3 Å². The number of carbonyl (C=O) groups excluding carboxylic acids is 1. The molecule has 2 aromatic rings. The SMILES string of the molecule is Cc1c(CN2CCC(C(=O)NCC(F)(F)F)(n3ccnc3)CC2)cnn1C.O=CO. The number of alkyl halides is 3. The highest BCUT2D eigenvalue weighted by molar-refractivity contribution is 5.84. The third kappa shape index (κ3) is 5.59. The first-order chi connectivity index (χ1) is 14.1. The molecule has 0 unspecified atom stereocenters. The molecule has 1 fully saturated rings. The predicted molar refractivity (Wildman–Crippen MR) is 100 cm³/mol. The van der Waals surface area contributed by atoms with Crippen molar-refractivity contribution in [2.45, 2.75) is 38.0 Å². The largest absolute Gasteiger partial charge is 0.483 e. The van der Waals surface area contributed by atoms with Crippen LogP contribution in [0, 0.1) is 6.92 Å². The van der Waals surface area contributed by atoms with Gasteiger partial charge in [-0.3, -0.25) is 19.2 Å². The molecule has 2 N–H and O–H groups in total. The molecule has 0 atom stereocenters. The maximum Gasteiger partial charge on any atom is 0.405 e. The van der Waals surface area contributed by atoms with Crippen molar-refractivity contribution in [1.29, 1.82) is 0 Å². The Hall–Kier alpha value is -2.89. The molecular formula is C18H25F3N6O3. The molecule has 9 nitrogen and oxygen atoms in total. The summed E-state index contributed by atoms with van der Waals surface area (Å²) < 4.78 is 41.1. The molecular weight excluding hydrogens is 405 g/mol. The third-order valence-electron chi connectivity index (χ3n) is 5.28. The minimum atomic E-state index is -4.44. The standard InChI is InChI=1S/C17H23F3N6O.CH2O2/c1-13-14(9-23-24(13)2)10-25-6-3-16(4-7-25,26-8-5-21-12-26)15(27)22-11-17(18,19)20;2-1-3/h5,8-9,12H,3-4,6-7,10-11H2,1-2H3,(H,22,27);1H,(H,2,3). The van der Waals surface area contributed by atoms with Gasteiger partial charge in [0.15, 0.2) is 0 Å². The first-order valence-corrected chi connectivity index (χ1v) is 9.24. The molecule has 2 aromatic heterocycles. The van der Waals surface area contributed by atoms with Gasteiger partial charge in [-0.1, -0.05) is 0 Å². The van der Waals surface area contributed by atoms with Crippen LogP contribution in [0.1, 0.15) is 24.1 Å². The van der Waals surface area contributed by atoms with Crippen molar-refractivity contribution in [3.8, 4) is 0 Å². The van der Waals surface area contributed by atoms with Crippen molar-refractivity contribution in [3.05, 3.63) is 36.2 Å². The number of halogens is 3. The quantitative estimate of drug-likeness (QED) is 0.693. The first kappa shape index (κ1) is 23.4. The number of piperidine rings is 1. The van der Waals surface area contributed by atoms with Gasteiger partial charge in [-0.05, 0) is 19.8 Å². The smallest absolute Gasteiger partial charge is 0.405 e. The van der Waals surface area contributed by atoms with Crippen molar-refractivity contribution in [3.63, 3.8) is 0 Å². The van der Waals surface area contributed by atoms with E-state index in [0.29, 0.717) is 32.5 Å². The van der Waals surface area contributed by atoms with Crippen molar-refractivity contribution in [2.75, 3.05) is 19.6 Å². The number of hydrogen-bond donors (Lipinski definition) is 2. The van der Waals surface area contributed by atoms with Crippen molar-refractivity contribution in [2.24, 2.45) is 7.05 Å². The fourth-order valence-electron chi connectivity index (χ4n) is 3.48. The Balaban J connectivity index is 0.00000101. The van der Waals surface area contributed by atoms with Gasteiger partial charge in [-0.2, -0.15) is 18.3 Å². The molecule has 1 amide bonds. The number of hydrogen-bond acceptors (Lipinski definition) is 5. The summed E-state index contributed by atoms with van der Waals surface area (Å²) in [6.45, 7) is 2.29. The lowest BCUT2D eigenvalue weighted by Gasteiger charge is -2.41. The van der Waals surface area contributed by atoms with Gasteiger partial charge >= 0.3 is 6.18 Å². The molecule has 1 saturated heterocycles. The Bertz CT molecular complexity index is 827. The Morgan fingerprint density at radius 2 is 2.00 bits per heavy atom. The Morgan fingerprint density at radius 3 is 2.47 bits per heavy atom. The maximum atomic E-state index is 12.7. The van der Waals surface area contributed by atoms with Crippen LogP contribution in [0.3, 0.4) is 0 Å². The highest BCUT2D eigenvalue weighted by atomic mass is 19.4. The van der Waals surface area contributed by atoms with E-state index in [9.17, 15) is 18.0 Å². The van der Waals surface area contributed by atoms with E-state index in [1.165, 1.54) is 12.5 Å². The van der Waals surface area contributed by atoms with Crippen molar-refractivity contribution < 1.29 is 27.9 Å². The zero-order valence-corrected chi connectivity index (χ0v) is 16.8. The number of carboxylic acid groups (broad SMARTS) is 1. The first-order valence-electron chi connectivity index (χ1n) is 9.24. The summed E-state index contributed by atoms with van der Waals surface area (Å²) in [7, 11) is 1.88. The summed E-state index contributed by atoms with van der Waals surface area (Å²) in [4.78, 5) is 27.2. The number of carbonyl (C=O) groups is 2. The van der Waals surface area contributed by atoms with E-state index in [1.807, 2.05) is 20.2 Å². The third-order valence-corrected chi connectivity index (χ3v) is 5.28. The van der Waals surface area contributed by atoms with Crippen LogP contribution in [0.4, 0.5) is 13.2 Å². The fourth-order valence-corrected chi connectivity index (χ4v) is 3.48. The van der Waals surface area contributed by atoms with Crippen molar-refractivity contribution >= 4 is 12.4 Å². The number of aromatic nitrogens is 4. The summed E-state index contributed by atoms with van der Waals surface area (Å²) in [5.74, 6) is -0.616. The fraction of sp³-hybridized carbons (Fsp3) is 0.556. The maximum absolute atomic E-state index is 12.7. The van der Waals surface area contributed by atoms with E-state index >= 15 is 0 Å². The number of nitrogens with one attached hydrogen (secondary N) is 1. The molecule has 12 heteroatoms. The summed E-state index contributed by atoms with van der Waals surface area (Å²) in [6.07, 6.45) is 2.86. The molecule has 0 saturated carbocycles. The van der Waals surface area contributed by atoms with Crippen LogP contribution >= 0.6 is 0 Å². The van der Waals surface area contributed by atoms with Gasteiger partial charge < -0.3 is 15.0 Å². The monoisotopic (exact) mass is 430 g/mol. The van der Waals surface area contributed by atoms with E-state index in [2.05, 4.69) is 20.3 Å². The number of aryl methyl sites for hydroxylation is 1. The van der Waals surface area contributed by atoms with E-state index in [4.69, 9.17) is 9.90 Å². The lowest BCUT2D eigenvalue weighted by Crippen LogP contribution is -2.55. The Morgan fingerprint density at radius 1 is 1.37 bits per heavy atom. The second-order valence-electron chi connectivity index (χ2n) is 7.06. The van der Waals surface area contributed by atoms with Gasteiger partial charge in [0.05, 0.1) is 12.5 Å². The lowest BCUT2D eigenvalue weighted by molar-refractivity contribution is -0.145. The summed E-state index contributed by atoms with van der Waals surface area (Å²) >= 11 is 0. The summed E-state index contributed by atoms with van der Waals surface area (Å²) in [6, 6.07) is 0. The number of likely N-dealkylation sites (tertiary alicyclic amines) is 1. The van der Waals surface area contributed by atoms with E-state index in [1.54, 1.807) is 15.4 Å². The number of nitrogens with zero attached hydrogens (tertiary/aromatic N) is 5. The van der Waals surface area contributed by atoms with Crippen molar-refractivity contribution in [1.82, 2.24) is 29.5 Å². The van der Waals surface area contributed by atoms with E-state index < -0.39 is 24.2 Å². The van der Waals surface area contributed by atoms with Gasteiger partial charge in [0.2, 0.25) is 5.91 Å². The molecule has 3 rings (SSSR count). The van der Waals surface area contributed by atoms with Crippen LogP contribution < -0.4 is 5.32 Å². The minimum absolute atomic E-state index is 0.250. The number of amides is 1. The average molecular weight is 430 g/mol. The lowest BCUT2D eigenvalue weighted by atomic mass is 9.85. The van der Waals surface area contributed by atoms with Gasteiger partial charge in [-0.25, -0.2) is 4.98 Å². The van der Waals surface area contributed by atoms with Crippen LogP contribution in [0.2, 0.25) is 0 Å². The zero-order chi connectivity index (χ0) is 22.4. The van der Waals surface area contributed by atoms with Gasteiger partial charge in [0, 0.05) is 50.3 Å². The molecule has 3 heterocycles. The molecule has 0 spiro atoms. The van der Waals surface area contributed by atoms with Crippen LogP contribution in [0.25, 0.3) is 0 Å². The summed E-state index contributed by atoms with van der Waals surface area (Å²) in [5, 5.41) is 13.2. The second-order valence-corrected chi connectivity index (χ2v) is 7.06. The van der Waals surface area contributed by atoms with Gasteiger partial charge in [-0.15, -0.1) is 0 Å². The average Bonchev–Trinajstić information content (AvgIpc) is 3.33. The Kier molecular flexibility index (Phi) is 7.59. The molecule has 0 aliphatic carbocycles. The van der Waals surface area contributed by atoms with Crippen LogP contribution in [0.5, 0.6) is 0 Å². The Labute approximate surface area is 171 Å². The normalized spacial score (nSPS) is 16.4. The van der Waals surface area contributed by atoms with Crippen LogP contribution in [-0.2, 0) is 28.7 Å². The van der Waals surface area contributed by atoms with E-state index in [-0.39, 0.29) is 6.47 Å². The molecule has 1 aliphatic heterocycles. The molecule has 0 bridgehead atoms.